The van der Waals surface area contributed by atoms with Gasteiger partial charge in [-0.25, -0.2) is 4.79 Å². The average molecular weight is 532 g/mol. The van der Waals surface area contributed by atoms with Crippen molar-refractivity contribution in [2.45, 2.75) is 45.5 Å². The number of methoxy groups -OCH3 is 1. The fourth-order valence-electron chi connectivity index (χ4n) is 3.69. The summed E-state index contributed by atoms with van der Waals surface area (Å²) in [5.74, 6) is -0.0865. The molecule has 0 fully saturated rings. The summed E-state index contributed by atoms with van der Waals surface area (Å²) in [6.07, 6.45) is -4.58. The van der Waals surface area contributed by atoms with Crippen molar-refractivity contribution in [2.75, 3.05) is 20.3 Å². The summed E-state index contributed by atoms with van der Waals surface area (Å²) in [5, 5.41) is 12.7. The van der Waals surface area contributed by atoms with E-state index in [2.05, 4.69) is 5.32 Å². The molecule has 0 amide bonds. The lowest BCUT2D eigenvalue weighted by atomic mass is 10.00. The van der Waals surface area contributed by atoms with Gasteiger partial charge in [-0.2, -0.15) is 13.2 Å². The van der Waals surface area contributed by atoms with E-state index in [1.54, 1.807) is 26.2 Å². The van der Waals surface area contributed by atoms with Crippen LogP contribution < -0.4 is 19.5 Å². The van der Waals surface area contributed by atoms with E-state index in [-0.39, 0.29) is 29.7 Å². The van der Waals surface area contributed by atoms with E-state index in [9.17, 15) is 23.1 Å². The van der Waals surface area contributed by atoms with Crippen molar-refractivity contribution in [1.29, 1.82) is 0 Å². The molecule has 1 atom stereocenters. The van der Waals surface area contributed by atoms with Crippen LogP contribution in [0.1, 0.15) is 43.5 Å². The molecule has 38 heavy (non-hydrogen) atoms. The van der Waals surface area contributed by atoms with E-state index in [0.717, 1.165) is 23.4 Å². The first kappa shape index (κ1) is 28.8. The molecule has 3 aromatic rings. The highest BCUT2D eigenvalue weighted by Crippen LogP contribution is 2.37. The van der Waals surface area contributed by atoms with Crippen LogP contribution in [-0.2, 0) is 11.0 Å². The van der Waals surface area contributed by atoms with Crippen LogP contribution in [0.15, 0.2) is 60.7 Å². The highest BCUT2D eigenvalue weighted by atomic mass is 19.4. The van der Waals surface area contributed by atoms with Gasteiger partial charge in [0.2, 0.25) is 0 Å². The molecule has 0 saturated heterocycles. The Morgan fingerprint density at radius 1 is 1.00 bits per heavy atom. The minimum atomic E-state index is -4.58. The summed E-state index contributed by atoms with van der Waals surface area (Å²) in [6.45, 7) is 7.06. The topological polar surface area (TPSA) is 77.0 Å². The lowest BCUT2D eigenvalue weighted by Crippen LogP contribution is -2.38. The van der Waals surface area contributed by atoms with Gasteiger partial charge in [0.05, 0.1) is 12.7 Å². The predicted octanol–water partition coefficient (Wildman–Crippen LogP) is 6.66. The van der Waals surface area contributed by atoms with Gasteiger partial charge in [0, 0.05) is 12.6 Å². The number of benzene rings is 3. The summed E-state index contributed by atoms with van der Waals surface area (Å²) >= 11 is 0. The zero-order chi connectivity index (χ0) is 28.1. The van der Waals surface area contributed by atoms with Crippen molar-refractivity contribution >= 4 is 5.97 Å². The number of alkyl halides is 3. The van der Waals surface area contributed by atoms with E-state index < -0.39 is 23.3 Å². The third-order valence-corrected chi connectivity index (χ3v) is 6.05. The second-order valence-electron chi connectivity index (χ2n) is 9.44. The number of hydrogen-bond donors (Lipinski definition) is 2. The van der Waals surface area contributed by atoms with Crippen LogP contribution in [0.25, 0.3) is 11.1 Å². The molecule has 0 aliphatic rings. The third kappa shape index (κ3) is 7.41. The molecule has 0 bridgehead atoms. The van der Waals surface area contributed by atoms with E-state index in [0.29, 0.717) is 17.7 Å². The molecule has 0 spiro atoms. The Hall–Kier alpha value is -3.72. The number of carboxylic acids is 1. The summed E-state index contributed by atoms with van der Waals surface area (Å²) in [4.78, 5) is 11.5. The molecule has 0 aromatic heterocycles. The Labute approximate surface area is 220 Å². The number of carboxylic acid groups (broad SMARTS) is 1. The standard InChI is InChI=1S/C29H32F3NO5/c1-18-9-10-21(16-26(18)38-28(3,4)27(34)35)22-13-23(29(30,31)32)17-25(15-22)37-12-11-33-19(2)20-7-6-8-24(14-20)36-5/h6-10,13-17,19,33H,11-12H2,1-5H3,(H,34,35). The van der Waals surface area contributed by atoms with Gasteiger partial charge in [0.15, 0.2) is 5.60 Å². The van der Waals surface area contributed by atoms with E-state index in [1.807, 2.05) is 31.2 Å². The molecular weight excluding hydrogens is 499 g/mol. The molecule has 9 heteroatoms. The average Bonchev–Trinajstić information content (AvgIpc) is 2.87. The minimum absolute atomic E-state index is 0.0215. The predicted molar refractivity (Wildman–Crippen MR) is 139 cm³/mol. The van der Waals surface area contributed by atoms with Crippen LogP contribution in [0.3, 0.4) is 0 Å². The maximum atomic E-state index is 13.7. The summed E-state index contributed by atoms with van der Waals surface area (Å²) in [6, 6.07) is 16.0. The second-order valence-corrected chi connectivity index (χ2v) is 9.44. The first-order valence-electron chi connectivity index (χ1n) is 12.1. The number of carbonyl (C=O) groups is 1. The SMILES string of the molecule is COc1cccc(C(C)NCCOc2cc(-c3ccc(C)c(OC(C)(C)C(=O)O)c3)cc(C(F)(F)F)c2)c1. The van der Waals surface area contributed by atoms with Crippen molar-refractivity contribution in [2.24, 2.45) is 0 Å². The highest BCUT2D eigenvalue weighted by molar-refractivity contribution is 5.77. The van der Waals surface area contributed by atoms with Crippen LogP contribution in [0.5, 0.6) is 17.2 Å². The Bertz CT molecular complexity index is 1270. The monoisotopic (exact) mass is 531 g/mol. The number of aryl methyl sites for hydroxylation is 1. The molecule has 3 rings (SSSR count). The molecule has 0 radical (unpaired) electrons. The number of halogens is 3. The molecule has 0 aliphatic heterocycles. The largest absolute Gasteiger partial charge is 0.497 e. The molecule has 6 nitrogen and oxygen atoms in total. The molecular formula is C29H32F3NO5. The maximum Gasteiger partial charge on any atom is 0.416 e. The minimum Gasteiger partial charge on any atom is -0.497 e. The lowest BCUT2D eigenvalue weighted by Gasteiger charge is -2.23. The number of rotatable bonds is 11. The summed E-state index contributed by atoms with van der Waals surface area (Å²) in [7, 11) is 1.59. The number of hydrogen-bond acceptors (Lipinski definition) is 5. The van der Waals surface area contributed by atoms with E-state index in [4.69, 9.17) is 14.2 Å². The first-order valence-corrected chi connectivity index (χ1v) is 12.1. The summed E-state index contributed by atoms with van der Waals surface area (Å²) < 4.78 is 57.7. The molecule has 1 unspecified atom stereocenters. The Balaban J connectivity index is 1.79. The Kier molecular flexibility index (Phi) is 8.93. The smallest absolute Gasteiger partial charge is 0.416 e. The fraction of sp³-hybridized carbons (Fsp3) is 0.345. The van der Waals surface area contributed by atoms with Gasteiger partial charge in [0.25, 0.3) is 0 Å². The second kappa shape index (κ2) is 11.8. The van der Waals surface area contributed by atoms with E-state index in [1.165, 1.54) is 26.0 Å². The van der Waals surface area contributed by atoms with Gasteiger partial charge in [-0.15, -0.1) is 0 Å². The van der Waals surface area contributed by atoms with Crippen molar-refractivity contribution < 1.29 is 37.3 Å². The molecule has 2 N–H and O–H groups in total. The fourth-order valence-corrected chi connectivity index (χ4v) is 3.69. The highest BCUT2D eigenvalue weighted by Gasteiger charge is 2.32. The van der Waals surface area contributed by atoms with Gasteiger partial charge in [-0.05, 0) is 86.3 Å². The van der Waals surface area contributed by atoms with Gasteiger partial charge in [0.1, 0.15) is 23.9 Å². The zero-order valence-electron chi connectivity index (χ0n) is 22.0. The maximum absolute atomic E-state index is 13.7. The Morgan fingerprint density at radius 2 is 1.74 bits per heavy atom. The molecule has 0 aliphatic carbocycles. The molecule has 3 aromatic carbocycles. The third-order valence-electron chi connectivity index (χ3n) is 6.05. The van der Waals surface area contributed by atoms with Crippen LogP contribution in [0.4, 0.5) is 13.2 Å². The number of nitrogens with one attached hydrogen (secondary N) is 1. The quantitative estimate of drug-likeness (QED) is 0.270. The van der Waals surface area contributed by atoms with Crippen LogP contribution in [-0.4, -0.2) is 36.9 Å². The van der Waals surface area contributed by atoms with Crippen molar-refractivity contribution in [3.8, 4) is 28.4 Å². The van der Waals surface area contributed by atoms with Gasteiger partial charge in [-0.3, -0.25) is 0 Å². The van der Waals surface area contributed by atoms with E-state index >= 15 is 0 Å². The van der Waals surface area contributed by atoms with Gasteiger partial charge < -0.3 is 24.6 Å². The summed E-state index contributed by atoms with van der Waals surface area (Å²) in [5.41, 5.74) is 0.00657. The van der Waals surface area contributed by atoms with Gasteiger partial charge in [-0.1, -0.05) is 24.3 Å². The lowest BCUT2D eigenvalue weighted by molar-refractivity contribution is -0.152. The van der Waals surface area contributed by atoms with Crippen molar-refractivity contribution in [3.63, 3.8) is 0 Å². The van der Waals surface area contributed by atoms with Crippen LogP contribution in [0, 0.1) is 6.92 Å². The zero-order valence-corrected chi connectivity index (χ0v) is 22.0. The normalized spacial score (nSPS) is 12.6. The van der Waals surface area contributed by atoms with Gasteiger partial charge >= 0.3 is 12.1 Å². The molecule has 204 valence electrons. The Morgan fingerprint density at radius 3 is 2.39 bits per heavy atom. The van der Waals surface area contributed by atoms with Crippen LogP contribution >= 0.6 is 0 Å². The number of ether oxygens (including phenoxy) is 3. The number of aliphatic carboxylic acids is 1. The molecule has 0 heterocycles. The first-order chi connectivity index (χ1) is 17.8. The van der Waals surface area contributed by atoms with Crippen molar-refractivity contribution in [3.05, 3.63) is 77.4 Å². The van der Waals surface area contributed by atoms with Crippen LogP contribution in [0.2, 0.25) is 0 Å². The van der Waals surface area contributed by atoms with Crippen molar-refractivity contribution in [1.82, 2.24) is 5.32 Å². The molecule has 0 saturated carbocycles.